The zero-order valence-corrected chi connectivity index (χ0v) is 15.1. The number of nitrogens with one attached hydrogen (secondary N) is 2. The second-order valence-electron chi connectivity index (χ2n) is 6.69. The molecule has 3 aromatic heterocycles. The van der Waals surface area contributed by atoms with Gasteiger partial charge in [0.05, 0.1) is 23.7 Å². The van der Waals surface area contributed by atoms with E-state index in [0.29, 0.717) is 29.4 Å². The Morgan fingerprint density at radius 2 is 2.19 bits per heavy atom. The summed E-state index contributed by atoms with van der Waals surface area (Å²) in [5.74, 6) is 1.61. The van der Waals surface area contributed by atoms with Crippen molar-refractivity contribution in [2.75, 3.05) is 10.6 Å². The number of nitrogens with zero attached hydrogens (tertiary/aromatic N) is 4. The highest BCUT2D eigenvalue weighted by molar-refractivity contribution is 5.93. The minimum atomic E-state index is -0.435. The van der Waals surface area contributed by atoms with Gasteiger partial charge in [0.2, 0.25) is 0 Å². The second kappa shape index (κ2) is 7.32. The van der Waals surface area contributed by atoms with Gasteiger partial charge in [-0.25, -0.2) is 9.97 Å². The predicted molar refractivity (Wildman–Crippen MR) is 104 cm³/mol. The van der Waals surface area contributed by atoms with Gasteiger partial charge in [-0.15, -0.1) is 0 Å². The minimum Gasteiger partial charge on any atom is -0.391 e. The molecule has 3 heterocycles. The Kier molecular flexibility index (Phi) is 4.72. The van der Waals surface area contributed by atoms with Crippen LogP contribution in [0.1, 0.15) is 26.2 Å². The van der Waals surface area contributed by atoms with E-state index in [1.165, 1.54) is 0 Å². The monoisotopic (exact) mass is 366 g/mol. The first kappa shape index (κ1) is 17.4. The van der Waals surface area contributed by atoms with Gasteiger partial charge >= 0.3 is 0 Å². The maximum Gasteiger partial charge on any atom is 0.262 e. The number of rotatable bonds is 5. The largest absolute Gasteiger partial charge is 0.391 e. The molecule has 0 bridgehead atoms. The zero-order valence-electron chi connectivity index (χ0n) is 15.1. The molecule has 8 heteroatoms. The fraction of sp³-hybridized carbons (Fsp3) is 0.368. The van der Waals surface area contributed by atoms with Crippen LogP contribution in [0.5, 0.6) is 0 Å². The number of hydrogen-bond donors (Lipinski definition) is 3. The van der Waals surface area contributed by atoms with Crippen molar-refractivity contribution in [1.29, 1.82) is 0 Å². The molecule has 1 fully saturated rings. The van der Waals surface area contributed by atoms with Crippen LogP contribution in [0.3, 0.4) is 0 Å². The van der Waals surface area contributed by atoms with E-state index in [2.05, 4.69) is 25.6 Å². The summed E-state index contributed by atoms with van der Waals surface area (Å²) in [5, 5.41) is 17.9. The standard InChI is InChI=1S/C19H22N6O2/c1-2-25-9-6-12-10-15(23-16-11-20-7-8-21-16)24-18(17(12)19(25)27)22-13-4-3-5-14(13)26/h6-11,13-14,26H,2-5H2,1H3,(H2,21,22,23,24). The summed E-state index contributed by atoms with van der Waals surface area (Å²) in [4.78, 5) is 25.7. The van der Waals surface area contributed by atoms with Crippen LogP contribution in [0.25, 0.3) is 10.8 Å². The van der Waals surface area contributed by atoms with E-state index in [4.69, 9.17) is 0 Å². The molecule has 140 valence electrons. The van der Waals surface area contributed by atoms with E-state index in [1.54, 1.807) is 29.4 Å². The van der Waals surface area contributed by atoms with E-state index in [-0.39, 0.29) is 11.6 Å². The lowest BCUT2D eigenvalue weighted by Crippen LogP contribution is -2.30. The molecule has 0 amide bonds. The quantitative estimate of drug-likeness (QED) is 0.636. The maximum absolute atomic E-state index is 12.9. The van der Waals surface area contributed by atoms with Crippen molar-refractivity contribution in [3.63, 3.8) is 0 Å². The minimum absolute atomic E-state index is 0.0939. The first-order valence-electron chi connectivity index (χ1n) is 9.17. The fourth-order valence-electron chi connectivity index (χ4n) is 3.50. The molecular formula is C19H22N6O2. The van der Waals surface area contributed by atoms with Gasteiger partial charge in [-0.3, -0.25) is 9.78 Å². The van der Waals surface area contributed by atoms with Crippen LogP contribution in [0.15, 0.2) is 41.7 Å². The van der Waals surface area contributed by atoms with Crippen LogP contribution in [-0.4, -0.2) is 36.8 Å². The molecule has 0 aromatic carbocycles. The number of pyridine rings is 2. The Morgan fingerprint density at radius 3 is 2.89 bits per heavy atom. The van der Waals surface area contributed by atoms with Crippen molar-refractivity contribution in [2.45, 2.75) is 44.9 Å². The lowest BCUT2D eigenvalue weighted by Gasteiger charge is -2.19. The Labute approximate surface area is 156 Å². The lowest BCUT2D eigenvalue weighted by molar-refractivity contribution is 0.171. The van der Waals surface area contributed by atoms with Crippen LogP contribution in [0, 0.1) is 0 Å². The Hall–Kier alpha value is -3.00. The molecule has 2 atom stereocenters. The van der Waals surface area contributed by atoms with E-state index >= 15 is 0 Å². The zero-order chi connectivity index (χ0) is 18.8. The summed E-state index contributed by atoms with van der Waals surface area (Å²) >= 11 is 0. The number of aliphatic hydroxyl groups is 1. The van der Waals surface area contributed by atoms with E-state index in [1.807, 2.05) is 19.1 Å². The Balaban J connectivity index is 1.81. The van der Waals surface area contributed by atoms with Crippen molar-refractivity contribution < 1.29 is 5.11 Å². The first-order chi connectivity index (χ1) is 13.2. The number of anilines is 3. The van der Waals surface area contributed by atoms with Crippen LogP contribution in [-0.2, 0) is 6.54 Å². The second-order valence-corrected chi connectivity index (χ2v) is 6.69. The predicted octanol–water partition coefficient (Wildman–Crippen LogP) is 2.28. The molecule has 1 saturated carbocycles. The van der Waals surface area contributed by atoms with Crippen LogP contribution in [0.2, 0.25) is 0 Å². The summed E-state index contributed by atoms with van der Waals surface area (Å²) in [6, 6.07) is 3.61. The van der Waals surface area contributed by atoms with Gasteiger partial charge in [-0.05, 0) is 43.7 Å². The topological polar surface area (TPSA) is 105 Å². The molecule has 4 rings (SSSR count). The maximum atomic E-state index is 12.9. The molecule has 1 aliphatic carbocycles. The molecule has 0 saturated heterocycles. The number of aromatic nitrogens is 4. The van der Waals surface area contributed by atoms with Crippen molar-refractivity contribution in [3.05, 3.63) is 47.3 Å². The van der Waals surface area contributed by atoms with Crippen LogP contribution in [0.4, 0.5) is 17.5 Å². The van der Waals surface area contributed by atoms with E-state index < -0.39 is 6.10 Å². The third-order valence-electron chi connectivity index (χ3n) is 4.92. The molecule has 1 aliphatic rings. The van der Waals surface area contributed by atoms with Gasteiger partial charge < -0.3 is 20.3 Å². The van der Waals surface area contributed by atoms with Gasteiger partial charge in [0.15, 0.2) is 0 Å². The molecule has 0 radical (unpaired) electrons. The highest BCUT2D eigenvalue weighted by Crippen LogP contribution is 2.28. The molecule has 27 heavy (non-hydrogen) atoms. The number of hydrogen-bond acceptors (Lipinski definition) is 7. The van der Waals surface area contributed by atoms with Gasteiger partial charge in [0, 0.05) is 25.1 Å². The molecule has 2 unspecified atom stereocenters. The average Bonchev–Trinajstić information content (AvgIpc) is 3.07. The van der Waals surface area contributed by atoms with Crippen LogP contribution >= 0.6 is 0 Å². The summed E-state index contributed by atoms with van der Waals surface area (Å²) in [7, 11) is 0. The smallest absolute Gasteiger partial charge is 0.262 e. The van der Waals surface area contributed by atoms with Crippen LogP contribution < -0.4 is 16.2 Å². The van der Waals surface area contributed by atoms with Gasteiger partial charge in [-0.2, -0.15) is 0 Å². The van der Waals surface area contributed by atoms with E-state index in [9.17, 15) is 9.90 Å². The molecule has 3 aromatic rings. The highest BCUT2D eigenvalue weighted by Gasteiger charge is 2.26. The summed E-state index contributed by atoms with van der Waals surface area (Å²) < 4.78 is 1.65. The lowest BCUT2D eigenvalue weighted by atomic mass is 10.1. The number of aryl methyl sites for hydroxylation is 1. The molecular weight excluding hydrogens is 344 g/mol. The van der Waals surface area contributed by atoms with Crippen molar-refractivity contribution >= 4 is 28.2 Å². The van der Waals surface area contributed by atoms with Gasteiger partial charge in [0.1, 0.15) is 17.5 Å². The van der Waals surface area contributed by atoms with Crippen molar-refractivity contribution in [1.82, 2.24) is 19.5 Å². The normalized spacial score (nSPS) is 19.3. The summed E-state index contributed by atoms with van der Waals surface area (Å²) in [5.41, 5.74) is -0.0939. The third-order valence-corrected chi connectivity index (χ3v) is 4.92. The average molecular weight is 366 g/mol. The highest BCUT2D eigenvalue weighted by atomic mass is 16.3. The first-order valence-corrected chi connectivity index (χ1v) is 9.17. The molecule has 8 nitrogen and oxygen atoms in total. The number of aliphatic hydroxyl groups excluding tert-OH is 1. The third kappa shape index (κ3) is 3.48. The van der Waals surface area contributed by atoms with Crippen molar-refractivity contribution in [2.24, 2.45) is 0 Å². The Bertz CT molecular complexity index is 1000. The molecule has 0 aliphatic heterocycles. The number of fused-ring (bicyclic) bond motifs is 1. The summed E-state index contributed by atoms with van der Waals surface area (Å²) in [6.07, 6.45) is 8.70. The van der Waals surface area contributed by atoms with E-state index in [0.717, 1.165) is 24.6 Å². The molecule has 0 spiro atoms. The SMILES string of the molecule is CCn1ccc2cc(Nc3cnccn3)nc(NC3CCCC3O)c2c1=O. The Morgan fingerprint density at radius 1 is 1.30 bits per heavy atom. The van der Waals surface area contributed by atoms with Gasteiger partial charge in [-0.1, -0.05) is 0 Å². The van der Waals surface area contributed by atoms with Crippen molar-refractivity contribution in [3.8, 4) is 0 Å². The summed E-state index contributed by atoms with van der Waals surface area (Å²) in [6.45, 7) is 2.51. The fourth-order valence-corrected chi connectivity index (χ4v) is 3.50. The van der Waals surface area contributed by atoms with Gasteiger partial charge in [0.25, 0.3) is 5.56 Å². The molecule has 3 N–H and O–H groups in total.